The number of benzene rings is 1. The Morgan fingerprint density at radius 1 is 1.24 bits per heavy atom. The first-order chi connectivity index (χ1) is 8.22. The lowest BCUT2D eigenvalue weighted by Crippen LogP contribution is -2.18. The average molecular weight is 262 g/mol. The minimum atomic E-state index is 0.0597. The fraction of sp³-hybridized carbons (Fsp3) is 0.0833. The second kappa shape index (κ2) is 4.09. The second-order valence-electron chi connectivity index (χ2n) is 3.79. The number of carbonyl (C=O) groups is 1. The molecule has 0 unspecified atom stereocenters. The lowest BCUT2D eigenvalue weighted by atomic mass is 10.1. The molecule has 1 amide bonds. The normalized spacial score (nSPS) is 14.2. The Balaban J connectivity index is 2.03. The van der Waals surface area contributed by atoms with Crippen LogP contribution >= 0.6 is 23.1 Å². The van der Waals surface area contributed by atoms with Gasteiger partial charge in [-0.1, -0.05) is 6.07 Å². The summed E-state index contributed by atoms with van der Waals surface area (Å²) in [6, 6.07) is 8.05. The number of hydrogen-bond acceptors (Lipinski definition) is 4. The molecule has 86 valence electrons. The minimum absolute atomic E-state index is 0.0597. The van der Waals surface area contributed by atoms with Crippen LogP contribution in [0.2, 0.25) is 0 Å². The molecule has 0 spiro atoms. The molecule has 0 bridgehead atoms. The number of thioether (sulfide) groups is 1. The molecule has 1 aliphatic heterocycles. The van der Waals surface area contributed by atoms with Crippen molar-refractivity contribution in [2.75, 3.05) is 16.8 Å². The molecular weight excluding hydrogens is 252 g/mol. The number of amides is 1. The molecule has 0 fully saturated rings. The Morgan fingerprint density at radius 3 is 2.88 bits per heavy atom. The van der Waals surface area contributed by atoms with Gasteiger partial charge in [0.25, 0.3) is 0 Å². The van der Waals surface area contributed by atoms with Crippen LogP contribution in [0.25, 0.3) is 11.1 Å². The number of anilines is 2. The maximum Gasteiger partial charge on any atom is 0.234 e. The zero-order valence-corrected chi connectivity index (χ0v) is 10.5. The van der Waals surface area contributed by atoms with E-state index < -0.39 is 0 Å². The molecule has 0 atom stereocenters. The van der Waals surface area contributed by atoms with Crippen LogP contribution in [0.4, 0.5) is 10.7 Å². The lowest BCUT2D eigenvalue weighted by molar-refractivity contribution is -0.113. The maximum atomic E-state index is 11.3. The van der Waals surface area contributed by atoms with Crippen LogP contribution in [0.3, 0.4) is 0 Å². The van der Waals surface area contributed by atoms with Gasteiger partial charge in [-0.05, 0) is 29.3 Å². The van der Waals surface area contributed by atoms with Crippen molar-refractivity contribution in [2.24, 2.45) is 0 Å². The van der Waals surface area contributed by atoms with Gasteiger partial charge in [-0.2, -0.15) is 0 Å². The van der Waals surface area contributed by atoms with Gasteiger partial charge in [-0.3, -0.25) is 4.79 Å². The van der Waals surface area contributed by atoms with Crippen molar-refractivity contribution in [3.8, 4) is 11.1 Å². The van der Waals surface area contributed by atoms with Crippen LogP contribution in [0.5, 0.6) is 0 Å². The van der Waals surface area contributed by atoms with E-state index in [1.54, 1.807) is 11.8 Å². The van der Waals surface area contributed by atoms with Gasteiger partial charge >= 0.3 is 0 Å². The van der Waals surface area contributed by atoms with Gasteiger partial charge in [-0.15, -0.1) is 23.1 Å². The molecule has 3 rings (SSSR count). The van der Waals surface area contributed by atoms with Crippen LogP contribution in [-0.2, 0) is 4.79 Å². The topological polar surface area (TPSA) is 55.1 Å². The lowest BCUT2D eigenvalue weighted by Gasteiger charge is -2.16. The second-order valence-corrected chi connectivity index (χ2v) is 5.75. The minimum Gasteiger partial charge on any atom is -0.391 e. The molecule has 1 aromatic heterocycles. The van der Waals surface area contributed by atoms with E-state index in [0.29, 0.717) is 5.75 Å². The first-order valence-corrected chi connectivity index (χ1v) is 7.00. The van der Waals surface area contributed by atoms with Crippen molar-refractivity contribution >= 4 is 39.7 Å². The third-order valence-corrected chi connectivity index (χ3v) is 4.40. The zero-order chi connectivity index (χ0) is 11.8. The predicted molar refractivity (Wildman–Crippen MR) is 73.5 cm³/mol. The Labute approximate surface area is 107 Å². The average Bonchev–Trinajstić information content (AvgIpc) is 2.75. The molecule has 0 saturated heterocycles. The summed E-state index contributed by atoms with van der Waals surface area (Å²) < 4.78 is 0. The SMILES string of the molecule is Nc1cc(-c2ccc3c(c2)NC(=O)CS3)cs1. The van der Waals surface area contributed by atoms with Crippen molar-refractivity contribution in [3.05, 3.63) is 29.6 Å². The van der Waals surface area contributed by atoms with E-state index in [9.17, 15) is 4.79 Å². The number of rotatable bonds is 1. The van der Waals surface area contributed by atoms with Gasteiger partial charge < -0.3 is 11.1 Å². The van der Waals surface area contributed by atoms with Gasteiger partial charge in [0, 0.05) is 10.3 Å². The molecule has 0 radical (unpaired) electrons. The van der Waals surface area contributed by atoms with Gasteiger partial charge in [0.2, 0.25) is 5.91 Å². The van der Waals surface area contributed by atoms with E-state index in [1.165, 1.54) is 11.3 Å². The Morgan fingerprint density at radius 2 is 2.12 bits per heavy atom. The van der Waals surface area contributed by atoms with Gasteiger partial charge in [0.15, 0.2) is 0 Å². The van der Waals surface area contributed by atoms with Crippen LogP contribution in [0.1, 0.15) is 0 Å². The molecule has 5 heteroatoms. The monoisotopic (exact) mass is 262 g/mol. The first kappa shape index (κ1) is 10.7. The molecule has 1 aliphatic rings. The molecule has 1 aromatic carbocycles. The largest absolute Gasteiger partial charge is 0.391 e. The zero-order valence-electron chi connectivity index (χ0n) is 8.90. The third-order valence-electron chi connectivity index (χ3n) is 2.57. The molecule has 3 N–H and O–H groups in total. The summed E-state index contributed by atoms with van der Waals surface area (Å²) in [5, 5.41) is 5.71. The molecule has 17 heavy (non-hydrogen) atoms. The standard InChI is InChI=1S/C12H10N2OS2/c13-11-4-8(5-17-11)7-1-2-10-9(3-7)14-12(15)6-16-10/h1-5H,6,13H2,(H,14,15). The summed E-state index contributed by atoms with van der Waals surface area (Å²) in [5.74, 6) is 0.557. The molecule has 2 heterocycles. The number of nitrogens with two attached hydrogens (primary N) is 1. The van der Waals surface area contributed by atoms with E-state index >= 15 is 0 Å². The summed E-state index contributed by atoms with van der Waals surface area (Å²) in [6.07, 6.45) is 0. The van der Waals surface area contributed by atoms with Gasteiger partial charge in [0.05, 0.1) is 16.4 Å². The van der Waals surface area contributed by atoms with Crippen molar-refractivity contribution in [1.29, 1.82) is 0 Å². The fourth-order valence-corrected chi connectivity index (χ4v) is 3.22. The molecule has 0 aliphatic carbocycles. The number of hydrogen-bond donors (Lipinski definition) is 2. The Kier molecular flexibility index (Phi) is 2.57. The highest BCUT2D eigenvalue weighted by Crippen LogP contribution is 2.36. The summed E-state index contributed by atoms with van der Waals surface area (Å²) >= 11 is 3.09. The third kappa shape index (κ3) is 2.03. The van der Waals surface area contributed by atoms with E-state index in [2.05, 4.69) is 11.4 Å². The van der Waals surface area contributed by atoms with Crippen LogP contribution in [0.15, 0.2) is 34.5 Å². The molecular formula is C12H10N2OS2. The Bertz CT molecular complexity index is 592. The summed E-state index contributed by atoms with van der Waals surface area (Å²) in [6.45, 7) is 0. The highest BCUT2D eigenvalue weighted by atomic mass is 32.2. The number of thiophene rings is 1. The fourth-order valence-electron chi connectivity index (χ4n) is 1.77. The summed E-state index contributed by atoms with van der Waals surface area (Å²) in [4.78, 5) is 12.4. The number of carbonyl (C=O) groups excluding carboxylic acids is 1. The van der Waals surface area contributed by atoms with Crippen LogP contribution < -0.4 is 11.1 Å². The van der Waals surface area contributed by atoms with Crippen LogP contribution in [-0.4, -0.2) is 11.7 Å². The molecule has 3 nitrogen and oxygen atoms in total. The van der Waals surface area contributed by atoms with Crippen molar-refractivity contribution in [1.82, 2.24) is 0 Å². The summed E-state index contributed by atoms with van der Waals surface area (Å²) in [7, 11) is 0. The Hall–Kier alpha value is -1.46. The maximum absolute atomic E-state index is 11.3. The summed E-state index contributed by atoms with van der Waals surface area (Å²) in [5.41, 5.74) is 8.80. The van der Waals surface area contributed by atoms with Crippen LogP contribution in [0, 0.1) is 0 Å². The predicted octanol–water partition coefficient (Wildman–Crippen LogP) is 3.04. The molecule has 2 aromatic rings. The highest BCUT2D eigenvalue weighted by Gasteiger charge is 2.15. The number of fused-ring (bicyclic) bond motifs is 1. The number of nitrogens with one attached hydrogen (secondary N) is 1. The quantitative estimate of drug-likeness (QED) is 0.830. The smallest absolute Gasteiger partial charge is 0.234 e. The first-order valence-electron chi connectivity index (χ1n) is 5.13. The van der Waals surface area contributed by atoms with E-state index in [0.717, 1.165) is 26.7 Å². The number of nitrogen functional groups attached to an aromatic ring is 1. The molecule has 0 saturated carbocycles. The highest BCUT2D eigenvalue weighted by molar-refractivity contribution is 8.00. The van der Waals surface area contributed by atoms with Crippen molar-refractivity contribution in [2.45, 2.75) is 4.90 Å². The van der Waals surface area contributed by atoms with E-state index in [4.69, 9.17) is 5.73 Å². The van der Waals surface area contributed by atoms with Gasteiger partial charge in [-0.25, -0.2) is 0 Å². The van der Waals surface area contributed by atoms with Crippen molar-refractivity contribution < 1.29 is 4.79 Å². The van der Waals surface area contributed by atoms with E-state index in [-0.39, 0.29) is 5.91 Å². The van der Waals surface area contributed by atoms with Gasteiger partial charge in [0.1, 0.15) is 0 Å². The van der Waals surface area contributed by atoms with E-state index in [1.807, 2.05) is 23.6 Å². The van der Waals surface area contributed by atoms with Crippen molar-refractivity contribution in [3.63, 3.8) is 0 Å².